The van der Waals surface area contributed by atoms with Crippen molar-refractivity contribution in [2.45, 2.75) is 31.5 Å². The SMILES string of the molecule is CCC(CC)C(Br)CNC(=O)c1cc(Br)ccc1Br. The van der Waals surface area contributed by atoms with Crippen LogP contribution in [0.4, 0.5) is 0 Å². The van der Waals surface area contributed by atoms with Crippen molar-refractivity contribution in [3.05, 3.63) is 32.7 Å². The zero-order valence-corrected chi connectivity index (χ0v) is 15.8. The Morgan fingerprint density at radius 3 is 2.47 bits per heavy atom. The van der Waals surface area contributed by atoms with Crippen molar-refractivity contribution in [2.24, 2.45) is 5.92 Å². The lowest BCUT2D eigenvalue weighted by Gasteiger charge is -2.20. The number of benzene rings is 1. The first-order chi connectivity index (χ1) is 8.99. The van der Waals surface area contributed by atoms with Gasteiger partial charge in [0, 0.05) is 20.3 Å². The molecule has 0 heterocycles. The van der Waals surface area contributed by atoms with Crippen LogP contribution in [0.3, 0.4) is 0 Å². The largest absolute Gasteiger partial charge is 0.351 e. The van der Waals surface area contributed by atoms with Crippen molar-refractivity contribution in [2.75, 3.05) is 6.54 Å². The van der Waals surface area contributed by atoms with Gasteiger partial charge >= 0.3 is 0 Å². The molecule has 1 atom stereocenters. The van der Waals surface area contributed by atoms with Gasteiger partial charge in [-0.15, -0.1) is 0 Å². The zero-order chi connectivity index (χ0) is 14.4. The number of amides is 1. The maximum atomic E-state index is 12.1. The molecule has 1 aromatic rings. The minimum atomic E-state index is -0.0522. The molecule has 5 heteroatoms. The lowest BCUT2D eigenvalue weighted by atomic mass is 9.99. The van der Waals surface area contributed by atoms with E-state index >= 15 is 0 Å². The summed E-state index contributed by atoms with van der Waals surface area (Å²) in [4.78, 5) is 12.5. The van der Waals surface area contributed by atoms with Crippen LogP contribution in [0.5, 0.6) is 0 Å². The first-order valence-corrected chi connectivity index (χ1v) is 8.87. The number of carbonyl (C=O) groups excluding carboxylic acids is 1. The van der Waals surface area contributed by atoms with Crippen LogP contribution >= 0.6 is 47.8 Å². The Labute approximate surface area is 140 Å². The van der Waals surface area contributed by atoms with E-state index in [0.717, 1.165) is 21.8 Å². The van der Waals surface area contributed by atoms with Crippen LogP contribution in [0, 0.1) is 5.92 Å². The molecular formula is C14H18Br3NO. The van der Waals surface area contributed by atoms with Crippen molar-refractivity contribution in [1.29, 1.82) is 0 Å². The molecule has 1 N–H and O–H groups in total. The van der Waals surface area contributed by atoms with E-state index in [9.17, 15) is 4.79 Å². The fourth-order valence-corrected chi connectivity index (χ4v) is 3.62. The van der Waals surface area contributed by atoms with Gasteiger partial charge < -0.3 is 5.32 Å². The molecule has 1 unspecified atom stereocenters. The van der Waals surface area contributed by atoms with Gasteiger partial charge in [-0.05, 0) is 40.0 Å². The lowest BCUT2D eigenvalue weighted by molar-refractivity contribution is 0.0951. The van der Waals surface area contributed by atoms with Crippen molar-refractivity contribution < 1.29 is 4.79 Å². The number of halogens is 3. The third kappa shape index (κ3) is 5.20. The van der Waals surface area contributed by atoms with Gasteiger partial charge in [0.15, 0.2) is 0 Å². The highest BCUT2D eigenvalue weighted by molar-refractivity contribution is 9.11. The number of rotatable bonds is 6. The number of carbonyl (C=O) groups is 1. The quantitative estimate of drug-likeness (QED) is 0.591. The molecule has 0 aliphatic heterocycles. The van der Waals surface area contributed by atoms with Gasteiger partial charge in [0.25, 0.3) is 5.91 Å². The number of hydrogen-bond acceptors (Lipinski definition) is 1. The smallest absolute Gasteiger partial charge is 0.252 e. The normalized spacial score (nSPS) is 12.5. The Hall–Kier alpha value is 0.130. The number of hydrogen-bond donors (Lipinski definition) is 1. The Morgan fingerprint density at radius 1 is 1.26 bits per heavy atom. The summed E-state index contributed by atoms with van der Waals surface area (Å²) in [6, 6.07) is 5.59. The molecule has 2 nitrogen and oxygen atoms in total. The second-order valence-electron chi connectivity index (χ2n) is 4.43. The van der Waals surface area contributed by atoms with E-state index in [1.165, 1.54) is 0 Å². The fraction of sp³-hybridized carbons (Fsp3) is 0.500. The molecule has 0 saturated heterocycles. The van der Waals surface area contributed by atoms with E-state index in [4.69, 9.17) is 0 Å². The van der Waals surface area contributed by atoms with E-state index in [-0.39, 0.29) is 5.91 Å². The summed E-state index contributed by atoms with van der Waals surface area (Å²) in [6.07, 6.45) is 2.23. The van der Waals surface area contributed by atoms with Crippen LogP contribution < -0.4 is 5.32 Å². The van der Waals surface area contributed by atoms with Crippen LogP contribution in [-0.4, -0.2) is 17.3 Å². The second kappa shape index (κ2) is 8.42. The van der Waals surface area contributed by atoms with Crippen molar-refractivity contribution in [3.8, 4) is 0 Å². The van der Waals surface area contributed by atoms with Crippen LogP contribution in [0.25, 0.3) is 0 Å². The van der Waals surface area contributed by atoms with Crippen LogP contribution in [0.15, 0.2) is 27.1 Å². The Bertz CT molecular complexity index is 433. The third-order valence-corrected chi connectivity index (χ3v) is 5.45. The third-order valence-electron chi connectivity index (χ3n) is 3.19. The maximum Gasteiger partial charge on any atom is 0.252 e. The van der Waals surface area contributed by atoms with Gasteiger partial charge in [-0.1, -0.05) is 58.5 Å². The van der Waals surface area contributed by atoms with Gasteiger partial charge in [-0.25, -0.2) is 0 Å². The highest BCUT2D eigenvalue weighted by Gasteiger charge is 2.17. The molecule has 106 valence electrons. The highest BCUT2D eigenvalue weighted by atomic mass is 79.9. The molecule has 19 heavy (non-hydrogen) atoms. The average molecular weight is 456 g/mol. The molecule has 1 amide bonds. The molecule has 0 radical (unpaired) electrons. The molecule has 1 rings (SSSR count). The molecule has 0 fully saturated rings. The van der Waals surface area contributed by atoms with E-state index in [1.54, 1.807) is 0 Å². The van der Waals surface area contributed by atoms with Crippen LogP contribution in [0.1, 0.15) is 37.0 Å². The van der Waals surface area contributed by atoms with Crippen LogP contribution in [-0.2, 0) is 0 Å². The standard InChI is InChI=1S/C14H18Br3NO/c1-3-9(4-2)13(17)8-18-14(19)11-7-10(15)5-6-12(11)16/h5-7,9,13H,3-4,8H2,1-2H3,(H,18,19). The minimum absolute atomic E-state index is 0.0522. The van der Waals surface area contributed by atoms with Gasteiger partial charge in [0.05, 0.1) is 5.56 Å². The van der Waals surface area contributed by atoms with Gasteiger partial charge in [0.1, 0.15) is 0 Å². The van der Waals surface area contributed by atoms with Gasteiger partial charge in [-0.3, -0.25) is 4.79 Å². The molecule has 1 aromatic carbocycles. The van der Waals surface area contributed by atoms with Crippen molar-refractivity contribution in [3.63, 3.8) is 0 Å². The predicted octanol–water partition coefficient (Wildman–Crippen LogP) is 5.14. The Balaban J connectivity index is 2.63. The van der Waals surface area contributed by atoms with E-state index in [1.807, 2.05) is 18.2 Å². The van der Waals surface area contributed by atoms with Crippen molar-refractivity contribution >= 4 is 53.7 Å². The van der Waals surface area contributed by atoms with E-state index in [0.29, 0.717) is 22.9 Å². The topological polar surface area (TPSA) is 29.1 Å². The summed E-state index contributed by atoms with van der Waals surface area (Å²) in [6.45, 7) is 4.99. The molecule has 0 bridgehead atoms. The summed E-state index contributed by atoms with van der Waals surface area (Å²) in [7, 11) is 0. The summed E-state index contributed by atoms with van der Waals surface area (Å²) >= 11 is 10.4. The minimum Gasteiger partial charge on any atom is -0.351 e. The van der Waals surface area contributed by atoms with Crippen molar-refractivity contribution in [1.82, 2.24) is 5.32 Å². The van der Waals surface area contributed by atoms with E-state index in [2.05, 4.69) is 67.0 Å². The molecule has 0 spiro atoms. The van der Waals surface area contributed by atoms with Crippen LogP contribution in [0.2, 0.25) is 0 Å². The number of alkyl halides is 1. The zero-order valence-electron chi connectivity index (χ0n) is 11.1. The highest BCUT2D eigenvalue weighted by Crippen LogP contribution is 2.22. The Morgan fingerprint density at radius 2 is 1.89 bits per heavy atom. The van der Waals surface area contributed by atoms with Gasteiger partial charge in [0.2, 0.25) is 0 Å². The molecule has 0 aliphatic rings. The average Bonchev–Trinajstić information content (AvgIpc) is 2.40. The summed E-state index contributed by atoms with van der Waals surface area (Å²) in [5.74, 6) is 0.537. The molecular weight excluding hydrogens is 438 g/mol. The summed E-state index contributed by atoms with van der Waals surface area (Å²) in [5.41, 5.74) is 0.652. The van der Waals surface area contributed by atoms with Gasteiger partial charge in [-0.2, -0.15) is 0 Å². The number of nitrogens with one attached hydrogen (secondary N) is 1. The summed E-state index contributed by atoms with van der Waals surface area (Å²) < 4.78 is 1.71. The first kappa shape index (κ1) is 17.2. The Kier molecular flexibility index (Phi) is 7.62. The van der Waals surface area contributed by atoms with E-state index < -0.39 is 0 Å². The summed E-state index contributed by atoms with van der Waals surface area (Å²) in [5, 5.41) is 2.98. The second-order valence-corrected chi connectivity index (χ2v) is 7.37. The maximum absolute atomic E-state index is 12.1. The predicted molar refractivity (Wildman–Crippen MR) is 91.0 cm³/mol. The fourth-order valence-electron chi connectivity index (χ4n) is 1.92. The first-order valence-electron chi connectivity index (χ1n) is 6.36. The molecule has 0 aromatic heterocycles. The monoisotopic (exact) mass is 453 g/mol. The lowest BCUT2D eigenvalue weighted by Crippen LogP contribution is -2.33. The molecule has 0 saturated carbocycles. The molecule has 0 aliphatic carbocycles.